The van der Waals surface area contributed by atoms with Gasteiger partial charge in [0.1, 0.15) is 0 Å². The summed E-state index contributed by atoms with van der Waals surface area (Å²) in [6, 6.07) is 0. The molecule has 0 fully saturated rings. The number of aromatic nitrogens is 2. The molecule has 1 aromatic rings. The van der Waals surface area contributed by atoms with Crippen molar-refractivity contribution in [2.24, 2.45) is 0 Å². The van der Waals surface area contributed by atoms with E-state index in [-0.39, 0.29) is 5.56 Å². The zero-order valence-corrected chi connectivity index (χ0v) is 9.73. The SMILES string of the molecule is C#CCCCCNc1ncc(C(=O)O)c(C)n1. The number of aromatic carboxylic acids is 1. The molecule has 0 unspecified atom stereocenters. The number of terminal acetylenes is 1. The Labute approximate surface area is 100 Å². The summed E-state index contributed by atoms with van der Waals surface area (Å²) in [6.07, 6.45) is 9.11. The number of carbonyl (C=O) groups is 1. The van der Waals surface area contributed by atoms with Crippen LogP contribution in [-0.4, -0.2) is 27.6 Å². The first-order valence-electron chi connectivity index (χ1n) is 5.39. The van der Waals surface area contributed by atoms with E-state index in [1.165, 1.54) is 6.20 Å². The standard InChI is InChI=1S/C12H15N3O2/c1-3-4-5-6-7-13-12-14-8-10(11(16)17)9(2)15-12/h1,8H,4-7H2,2H3,(H,16,17)(H,13,14,15). The first-order valence-corrected chi connectivity index (χ1v) is 5.39. The average molecular weight is 233 g/mol. The van der Waals surface area contributed by atoms with Crippen LogP contribution in [0.15, 0.2) is 6.20 Å². The van der Waals surface area contributed by atoms with Crippen molar-refractivity contribution in [3.8, 4) is 12.3 Å². The minimum Gasteiger partial charge on any atom is -0.478 e. The van der Waals surface area contributed by atoms with Gasteiger partial charge in [-0.05, 0) is 19.8 Å². The third kappa shape index (κ3) is 4.11. The van der Waals surface area contributed by atoms with Crippen molar-refractivity contribution in [3.05, 3.63) is 17.5 Å². The number of unbranched alkanes of at least 4 members (excludes halogenated alkanes) is 2. The Bertz CT molecular complexity index is 438. The van der Waals surface area contributed by atoms with Crippen LogP contribution in [0.3, 0.4) is 0 Å². The molecule has 0 aliphatic carbocycles. The van der Waals surface area contributed by atoms with Crippen molar-refractivity contribution in [1.29, 1.82) is 0 Å². The quantitative estimate of drug-likeness (QED) is 0.577. The maximum Gasteiger partial charge on any atom is 0.339 e. The maximum atomic E-state index is 10.7. The van der Waals surface area contributed by atoms with Crippen LogP contribution in [0, 0.1) is 19.3 Å². The van der Waals surface area contributed by atoms with E-state index in [0.717, 1.165) is 25.8 Å². The van der Waals surface area contributed by atoms with E-state index in [2.05, 4.69) is 21.2 Å². The van der Waals surface area contributed by atoms with Crippen molar-refractivity contribution < 1.29 is 9.90 Å². The summed E-state index contributed by atoms with van der Waals surface area (Å²) in [7, 11) is 0. The van der Waals surface area contributed by atoms with Crippen LogP contribution in [-0.2, 0) is 0 Å². The second-order valence-electron chi connectivity index (χ2n) is 3.59. The summed E-state index contributed by atoms with van der Waals surface area (Å²) >= 11 is 0. The lowest BCUT2D eigenvalue weighted by atomic mass is 10.2. The van der Waals surface area contributed by atoms with E-state index >= 15 is 0 Å². The van der Waals surface area contributed by atoms with Gasteiger partial charge >= 0.3 is 5.97 Å². The van der Waals surface area contributed by atoms with Crippen molar-refractivity contribution >= 4 is 11.9 Å². The largest absolute Gasteiger partial charge is 0.478 e. The Morgan fingerprint density at radius 1 is 1.59 bits per heavy atom. The zero-order valence-electron chi connectivity index (χ0n) is 9.73. The lowest BCUT2D eigenvalue weighted by Crippen LogP contribution is -2.09. The third-order valence-electron chi connectivity index (χ3n) is 2.24. The molecule has 17 heavy (non-hydrogen) atoms. The molecule has 1 heterocycles. The Balaban J connectivity index is 2.48. The summed E-state index contributed by atoms with van der Waals surface area (Å²) in [5.74, 6) is 2.01. The highest BCUT2D eigenvalue weighted by Gasteiger charge is 2.09. The number of carboxylic acids is 1. The van der Waals surface area contributed by atoms with Gasteiger partial charge in [-0.2, -0.15) is 0 Å². The number of hydrogen-bond donors (Lipinski definition) is 2. The molecule has 1 rings (SSSR count). The Kier molecular flexibility index (Phi) is 4.95. The van der Waals surface area contributed by atoms with E-state index in [1.807, 2.05) is 0 Å². The number of rotatable bonds is 6. The average Bonchev–Trinajstić information content (AvgIpc) is 2.28. The highest BCUT2D eigenvalue weighted by atomic mass is 16.4. The van der Waals surface area contributed by atoms with Crippen LogP contribution in [0.4, 0.5) is 5.95 Å². The molecule has 0 bridgehead atoms. The Hall–Kier alpha value is -2.09. The molecule has 0 saturated heterocycles. The van der Waals surface area contributed by atoms with Gasteiger partial charge in [-0.25, -0.2) is 14.8 Å². The lowest BCUT2D eigenvalue weighted by Gasteiger charge is -2.05. The summed E-state index contributed by atoms with van der Waals surface area (Å²) in [5.41, 5.74) is 0.585. The third-order valence-corrected chi connectivity index (χ3v) is 2.24. The molecule has 0 atom stereocenters. The number of hydrogen-bond acceptors (Lipinski definition) is 4. The lowest BCUT2D eigenvalue weighted by molar-refractivity contribution is 0.0695. The van der Waals surface area contributed by atoms with Gasteiger partial charge in [-0.3, -0.25) is 0 Å². The van der Waals surface area contributed by atoms with Gasteiger partial charge in [0.05, 0.1) is 11.3 Å². The predicted molar refractivity (Wildman–Crippen MR) is 64.9 cm³/mol. The Morgan fingerprint density at radius 2 is 2.35 bits per heavy atom. The van der Waals surface area contributed by atoms with Crippen molar-refractivity contribution in [1.82, 2.24) is 9.97 Å². The molecule has 0 aromatic carbocycles. The number of anilines is 1. The van der Waals surface area contributed by atoms with Gasteiger partial charge in [0.15, 0.2) is 0 Å². The van der Waals surface area contributed by atoms with Crippen LogP contribution in [0.1, 0.15) is 35.3 Å². The van der Waals surface area contributed by atoms with E-state index in [4.69, 9.17) is 11.5 Å². The molecule has 0 spiro atoms. The van der Waals surface area contributed by atoms with Crippen molar-refractivity contribution in [2.75, 3.05) is 11.9 Å². The van der Waals surface area contributed by atoms with Gasteiger partial charge in [-0.1, -0.05) is 0 Å². The second kappa shape index (κ2) is 6.48. The number of aryl methyl sites for hydroxylation is 1. The number of nitrogens with one attached hydrogen (secondary N) is 1. The van der Waals surface area contributed by atoms with E-state index in [0.29, 0.717) is 11.6 Å². The van der Waals surface area contributed by atoms with Crippen molar-refractivity contribution in [2.45, 2.75) is 26.2 Å². The van der Waals surface area contributed by atoms with E-state index < -0.39 is 5.97 Å². The maximum absolute atomic E-state index is 10.7. The fourth-order valence-corrected chi connectivity index (χ4v) is 1.31. The minimum atomic E-state index is -1.01. The van der Waals surface area contributed by atoms with Gasteiger partial charge in [0.25, 0.3) is 0 Å². The normalized spacial score (nSPS) is 9.65. The van der Waals surface area contributed by atoms with Crippen LogP contribution < -0.4 is 5.32 Å². The summed E-state index contributed by atoms with van der Waals surface area (Å²) < 4.78 is 0. The summed E-state index contributed by atoms with van der Waals surface area (Å²) in [4.78, 5) is 18.8. The van der Waals surface area contributed by atoms with Gasteiger partial charge in [-0.15, -0.1) is 12.3 Å². The highest BCUT2D eigenvalue weighted by molar-refractivity contribution is 5.88. The summed E-state index contributed by atoms with van der Waals surface area (Å²) in [5, 5.41) is 11.8. The highest BCUT2D eigenvalue weighted by Crippen LogP contribution is 2.07. The number of nitrogens with zero attached hydrogens (tertiary/aromatic N) is 2. The van der Waals surface area contributed by atoms with Crippen LogP contribution >= 0.6 is 0 Å². The smallest absolute Gasteiger partial charge is 0.339 e. The van der Waals surface area contributed by atoms with Crippen molar-refractivity contribution in [3.63, 3.8) is 0 Å². The van der Waals surface area contributed by atoms with Gasteiger partial charge in [0.2, 0.25) is 5.95 Å². The van der Waals surface area contributed by atoms with E-state index in [1.54, 1.807) is 6.92 Å². The van der Waals surface area contributed by atoms with Crippen LogP contribution in [0.2, 0.25) is 0 Å². The minimum absolute atomic E-state index is 0.128. The molecule has 0 radical (unpaired) electrons. The van der Waals surface area contributed by atoms with Crippen LogP contribution in [0.25, 0.3) is 0 Å². The Morgan fingerprint density at radius 3 is 2.94 bits per heavy atom. The molecule has 0 aliphatic heterocycles. The molecule has 2 N–H and O–H groups in total. The van der Waals surface area contributed by atoms with Gasteiger partial charge < -0.3 is 10.4 Å². The molecule has 5 heteroatoms. The fraction of sp³-hybridized carbons (Fsp3) is 0.417. The molecule has 5 nitrogen and oxygen atoms in total. The first kappa shape index (κ1) is 13.0. The van der Waals surface area contributed by atoms with Gasteiger partial charge in [0, 0.05) is 19.2 Å². The summed E-state index contributed by atoms with van der Waals surface area (Å²) in [6.45, 7) is 2.38. The molecule has 0 aliphatic rings. The first-order chi connectivity index (χ1) is 8.15. The van der Waals surface area contributed by atoms with Crippen LogP contribution in [0.5, 0.6) is 0 Å². The van der Waals surface area contributed by atoms with E-state index in [9.17, 15) is 4.79 Å². The predicted octanol–water partition coefficient (Wildman–Crippen LogP) is 1.70. The molecular weight excluding hydrogens is 218 g/mol. The molecule has 0 amide bonds. The number of carboxylic acid groups (broad SMARTS) is 1. The second-order valence-corrected chi connectivity index (χ2v) is 3.59. The molecule has 90 valence electrons. The topological polar surface area (TPSA) is 75.1 Å². The monoisotopic (exact) mass is 233 g/mol. The zero-order chi connectivity index (χ0) is 12.7. The fourth-order valence-electron chi connectivity index (χ4n) is 1.31. The molecular formula is C12H15N3O2. The molecule has 1 aromatic heterocycles. The molecule has 0 saturated carbocycles.